The summed E-state index contributed by atoms with van der Waals surface area (Å²) in [5, 5.41) is 5.57. The third-order valence-electron chi connectivity index (χ3n) is 3.65. The van der Waals surface area contributed by atoms with Crippen LogP contribution in [0.3, 0.4) is 0 Å². The Kier molecular flexibility index (Phi) is 5.78. The molecule has 0 spiro atoms. The number of hydrogen-bond donors (Lipinski definition) is 2. The normalized spacial score (nSPS) is 19.1. The van der Waals surface area contributed by atoms with Gasteiger partial charge in [0.15, 0.2) is 0 Å². The van der Waals surface area contributed by atoms with E-state index >= 15 is 0 Å². The molecule has 23 heavy (non-hydrogen) atoms. The minimum absolute atomic E-state index is 0.176. The number of amides is 2. The van der Waals surface area contributed by atoms with Crippen molar-refractivity contribution >= 4 is 16.1 Å². The third-order valence-corrected chi connectivity index (χ3v) is 4.92. The maximum atomic E-state index is 12.0. The fourth-order valence-corrected chi connectivity index (χ4v) is 3.36. The van der Waals surface area contributed by atoms with Gasteiger partial charge in [-0.15, -0.1) is 0 Å². The van der Waals surface area contributed by atoms with Crippen molar-refractivity contribution in [3.05, 3.63) is 23.9 Å². The molecule has 2 heterocycles. The van der Waals surface area contributed by atoms with Crippen molar-refractivity contribution in [1.82, 2.24) is 19.9 Å². The fourth-order valence-electron chi connectivity index (χ4n) is 2.45. The number of hydrogen-bond acceptors (Lipinski definition) is 5. The lowest BCUT2D eigenvalue weighted by atomic mass is 10.1. The second-order valence-corrected chi connectivity index (χ2v) is 7.48. The van der Waals surface area contributed by atoms with Crippen LogP contribution < -0.4 is 15.4 Å². The number of methoxy groups -OCH3 is 1. The molecule has 1 atom stereocenters. The van der Waals surface area contributed by atoms with E-state index in [1.54, 1.807) is 18.3 Å². The Bertz CT molecular complexity index is 650. The first-order valence-electron chi connectivity index (χ1n) is 7.37. The zero-order valence-corrected chi connectivity index (χ0v) is 14.1. The van der Waals surface area contributed by atoms with Gasteiger partial charge in [0.2, 0.25) is 15.9 Å². The summed E-state index contributed by atoms with van der Waals surface area (Å²) in [5.41, 5.74) is 0.869. The van der Waals surface area contributed by atoms with E-state index in [1.807, 2.05) is 0 Å². The standard InChI is InChI=1S/C14H22N4O4S/c1-22-13-8-11(5-6-15-13)9-16-14(19)17-12-4-3-7-18(10-12)23(2,20)21/h5-6,8,12H,3-4,7,9-10H2,1-2H3,(H2,16,17,19)/t12-/m1/s1. The quantitative estimate of drug-likeness (QED) is 0.802. The van der Waals surface area contributed by atoms with E-state index in [2.05, 4.69) is 15.6 Å². The highest BCUT2D eigenvalue weighted by Gasteiger charge is 2.26. The number of carbonyl (C=O) groups excluding carboxylic acids is 1. The summed E-state index contributed by atoms with van der Waals surface area (Å²) in [4.78, 5) is 16.0. The number of nitrogens with zero attached hydrogens (tertiary/aromatic N) is 2. The van der Waals surface area contributed by atoms with Crippen LogP contribution in [0.2, 0.25) is 0 Å². The average molecular weight is 342 g/mol. The van der Waals surface area contributed by atoms with Gasteiger partial charge in [-0.2, -0.15) is 0 Å². The maximum absolute atomic E-state index is 12.0. The van der Waals surface area contributed by atoms with Crippen molar-refractivity contribution in [1.29, 1.82) is 0 Å². The Balaban J connectivity index is 1.82. The Labute approximate surface area is 136 Å². The molecule has 2 amide bonds. The van der Waals surface area contributed by atoms with Crippen LogP contribution in [0.5, 0.6) is 5.88 Å². The molecule has 1 aromatic heterocycles. The van der Waals surface area contributed by atoms with Crippen molar-refractivity contribution in [3.8, 4) is 5.88 Å². The van der Waals surface area contributed by atoms with Gasteiger partial charge in [0, 0.05) is 37.9 Å². The highest BCUT2D eigenvalue weighted by Crippen LogP contribution is 2.13. The molecule has 0 saturated carbocycles. The van der Waals surface area contributed by atoms with E-state index in [1.165, 1.54) is 17.7 Å². The summed E-state index contributed by atoms with van der Waals surface area (Å²) in [7, 11) is -1.69. The molecular formula is C14H22N4O4S. The Morgan fingerprint density at radius 2 is 2.30 bits per heavy atom. The number of sulfonamides is 1. The summed E-state index contributed by atoms with van der Waals surface area (Å²) in [5.74, 6) is 0.487. The molecule has 128 valence electrons. The Morgan fingerprint density at radius 3 is 3.00 bits per heavy atom. The second-order valence-electron chi connectivity index (χ2n) is 5.49. The van der Waals surface area contributed by atoms with E-state index in [9.17, 15) is 13.2 Å². The number of carbonyl (C=O) groups is 1. The number of urea groups is 1. The predicted octanol–water partition coefficient (Wildman–Crippen LogP) is 0.313. The van der Waals surface area contributed by atoms with Gasteiger partial charge in [0.1, 0.15) is 0 Å². The number of nitrogens with one attached hydrogen (secondary N) is 2. The van der Waals surface area contributed by atoms with E-state index in [0.29, 0.717) is 25.5 Å². The van der Waals surface area contributed by atoms with Crippen molar-refractivity contribution in [3.63, 3.8) is 0 Å². The lowest BCUT2D eigenvalue weighted by Crippen LogP contribution is -2.51. The maximum Gasteiger partial charge on any atom is 0.315 e. The molecule has 2 N–H and O–H groups in total. The SMILES string of the molecule is COc1cc(CNC(=O)N[C@@H]2CCCN(S(C)(=O)=O)C2)ccn1. The molecule has 0 aliphatic carbocycles. The second kappa shape index (κ2) is 7.60. The number of piperidine rings is 1. The third kappa shape index (κ3) is 5.36. The molecule has 0 radical (unpaired) electrons. The van der Waals surface area contributed by atoms with Crippen LogP contribution in [-0.4, -0.2) is 56.2 Å². The average Bonchev–Trinajstić information content (AvgIpc) is 2.52. The smallest absolute Gasteiger partial charge is 0.315 e. The van der Waals surface area contributed by atoms with Crippen molar-refractivity contribution in [2.45, 2.75) is 25.4 Å². The van der Waals surface area contributed by atoms with Crippen LogP contribution in [0.15, 0.2) is 18.3 Å². The molecule has 8 nitrogen and oxygen atoms in total. The summed E-state index contributed by atoms with van der Waals surface area (Å²) in [6, 6.07) is 3.03. The number of rotatable bonds is 5. The molecule has 0 bridgehead atoms. The van der Waals surface area contributed by atoms with Gasteiger partial charge in [-0.1, -0.05) is 0 Å². The highest BCUT2D eigenvalue weighted by atomic mass is 32.2. The van der Waals surface area contributed by atoms with E-state index in [-0.39, 0.29) is 12.1 Å². The molecule has 1 aromatic rings. The largest absolute Gasteiger partial charge is 0.481 e. The summed E-state index contributed by atoms with van der Waals surface area (Å²) < 4.78 is 29.6. The molecule has 9 heteroatoms. The topological polar surface area (TPSA) is 101 Å². The molecule has 0 aromatic carbocycles. The fraction of sp³-hybridized carbons (Fsp3) is 0.571. The van der Waals surface area contributed by atoms with Gasteiger partial charge in [-0.05, 0) is 24.5 Å². The zero-order valence-electron chi connectivity index (χ0n) is 13.3. The van der Waals surface area contributed by atoms with Gasteiger partial charge in [-0.25, -0.2) is 22.5 Å². The number of aromatic nitrogens is 1. The van der Waals surface area contributed by atoms with E-state index in [4.69, 9.17) is 4.74 Å². The van der Waals surface area contributed by atoms with Gasteiger partial charge >= 0.3 is 6.03 Å². The van der Waals surface area contributed by atoms with Crippen molar-refractivity contribution < 1.29 is 17.9 Å². The van der Waals surface area contributed by atoms with Gasteiger partial charge in [0.25, 0.3) is 0 Å². The summed E-state index contributed by atoms with van der Waals surface area (Å²) in [6.45, 7) is 1.16. The van der Waals surface area contributed by atoms with Crippen LogP contribution in [-0.2, 0) is 16.6 Å². The monoisotopic (exact) mass is 342 g/mol. The molecule has 0 unspecified atom stereocenters. The zero-order chi connectivity index (χ0) is 16.9. The van der Waals surface area contributed by atoms with E-state index in [0.717, 1.165) is 18.4 Å². The number of pyridine rings is 1. The van der Waals surface area contributed by atoms with Crippen molar-refractivity contribution in [2.75, 3.05) is 26.5 Å². The predicted molar refractivity (Wildman–Crippen MR) is 85.6 cm³/mol. The van der Waals surface area contributed by atoms with Crippen LogP contribution in [0, 0.1) is 0 Å². The molecule has 1 saturated heterocycles. The van der Waals surface area contributed by atoms with Crippen LogP contribution >= 0.6 is 0 Å². The minimum atomic E-state index is -3.22. The van der Waals surface area contributed by atoms with Gasteiger partial charge in [0.05, 0.1) is 13.4 Å². The van der Waals surface area contributed by atoms with Crippen molar-refractivity contribution in [2.24, 2.45) is 0 Å². The molecular weight excluding hydrogens is 320 g/mol. The van der Waals surface area contributed by atoms with E-state index < -0.39 is 10.0 Å². The Hall–Kier alpha value is -1.87. The van der Waals surface area contributed by atoms with Crippen LogP contribution in [0.4, 0.5) is 4.79 Å². The molecule has 1 fully saturated rings. The first-order chi connectivity index (χ1) is 10.9. The Morgan fingerprint density at radius 1 is 1.52 bits per heavy atom. The minimum Gasteiger partial charge on any atom is -0.481 e. The lowest BCUT2D eigenvalue weighted by Gasteiger charge is -2.31. The van der Waals surface area contributed by atoms with Crippen LogP contribution in [0.25, 0.3) is 0 Å². The molecule has 1 aliphatic rings. The summed E-state index contributed by atoms with van der Waals surface area (Å²) in [6.07, 6.45) is 4.30. The number of ether oxygens (including phenoxy) is 1. The first kappa shape index (κ1) is 17.5. The molecule has 1 aliphatic heterocycles. The lowest BCUT2D eigenvalue weighted by molar-refractivity contribution is 0.225. The highest BCUT2D eigenvalue weighted by molar-refractivity contribution is 7.88. The van der Waals surface area contributed by atoms with Crippen LogP contribution in [0.1, 0.15) is 18.4 Å². The van der Waals surface area contributed by atoms with Gasteiger partial charge in [-0.3, -0.25) is 0 Å². The summed E-state index contributed by atoms with van der Waals surface area (Å²) >= 11 is 0. The molecule has 2 rings (SSSR count). The first-order valence-corrected chi connectivity index (χ1v) is 9.21. The van der Waals surface area contributed by atoms with Gasteiger partial charge < -0.3 is 15.4 Å².